The first kappa shape index (κ1) is 8.55. The first-order chi connectivity index (χ1) is 6.47. The van der Waals surface area contributed by atoms with Crippen molar-refractivity contribution in [3.8, 4) is 0 Å². The first-order valence-corrected chi connectivity index (χ1v) is 5.12. The van der Waals surface area contributed by atoms with Gasteiger partial charge in [-0.25, -0.2) is 0 Å². The van der Waals surface area contributed by atoms with Gasteiger partial charge < -0.3 is 0 Å². The molecule has 0 heteroatoms. The molecule has 2 unspecified atom stereocenters. The summed E-state index contributed by atoms with van der Waals surface area (Å²) in [6.45, 7) is 0. The van der Waals surface area contributed by atoms with Gasteiger partial charge in [0.1, 0.15) is 0 Å². The van der Waals surface area contributed by atoms with E-state index in [4.69, 9.17) is 0 Å². The van der Waals surface area contributed by atoms with Crippen molar-refractivity contribution in [1.29, 1.82) is 0 Å². The maximum Gasteiger partial charge on any atom is -0.0162 e. The minimum atomic E-state index is 0.761. The van der Waals surface area contributed by atoms with Gasteiger partial charge in [0, 0.05) is 0 Å². The molecule has 0 radical (unpaired) electrons. The van der Waals surface area contributed by atoms with Gasteiger partial charge in [-0.05, 0) is 31.1 Å². The van der Waals surface area contributed by atoms with E-state index in [9.17, 15) is 0 Å². The first-order valence-electron chi connectivity index (χ1n) is 5.12. The molecule has 0 amide bonds. The number of fused-ring (bicyclic) bond motifs is 1. The highest BCUT2D eigenvalue weighted by molar-refractivity contribution is 5.16. The van der Waals surface area contributed by atoms with Gasteiger partial charge in [-0.15, -0.1) is 0 Å². The molecule has 0 aromatic rings. The van der Waals surface area contributed by atoms with Gasteiger partial charge in [0.2, 0.25) is 0 Å². The van der Waals surface area contributed by atoms with Gasteiger partial charge in [0.15, 0.2) is 0 Å². The van der Waals surface area contributed by atoms with Crippen LogP contribution in [0.15, 0.2) is 48.6 Å². The Hall–Kier alpha value is -1.04. The lowest BCUT2D eigenvalue weighted by Gasteiger charge is -2.24. The summed E-state index contributed by atoms with van der Waals surface area (Å²) >= 11 is 0. The van der Waals surface area contributed by atoms with Crippen molar-refractivity contribution in [1.82, 2.24) is 0 Å². The highest BCUT2D eigenvalue weighted by atomic mass is 14.2. The van der Waals surface area contributed by atoms with E-state index in [1.165, 1.54) is 19.3 Å². The maximum atomic E-state index is 2.36. The van der Waals surface area contributed by atoms with Crippen LogP contribution in [0.2, 0.25) is 0 Å². The standard InChI is InChI=1S/C13H16/c1-2-4-8-12-10-6-7-11-13(12)9-5-3-1/h1-8,12-13H,9-11H2. The molecule has 0 bridgehead atoms. The van der Waals surface area contributed by atoms with Gasteiger partial charge in [-0.3, -0.25) is 0 Å². The van der Waals surface area contributed by atoms with Crippen LogP contribution in [0.4, 0.5) is 0 Å². The Labute approximate surface area is 80.3 Å². The van der Waals surface area contributed by atoms with Crippen LogP contribution in [-0.2, 0) is 0 Å². The molecule has 2 atom stereocenters. The molecule has 68 valence electrons. The number of hydrogen-bond donors (Lipinski definition) is 0. The minimum absolute atomic E-state index is 0.761. The number of allylic oxidation sites excluding steroid dienone is 8. The van der Waals surface area contributed by atoms with Crippen molar-refractivity contribution < 1.29 is 0 Å². The molecule has 2 rings (SSSR count). The molecule has 0 saturated heterocycles. The van der Waals surface area contributed by atoms with Crippen molar-refractivity contribution in [2.24, 2.45) is 11.8 Å². The predicted octanol–water partition coefficient (Wildman–Crippen LogP) is 3.64. The van der Waals surface area contributed by atoms with Crippen LogP contribution >= 0.6 is 0 Å². The second-order valence-electron chi connectivity index (χ2n) is 3.80. The smallest absolute Gasteiger partial charge is 0.0162 e. The van der Waals surface area contributed by atoms with Gasteiger partial charge in [0.05, 0.1) is 0 Å². The van der Waals surface area contributed by atoms with Crippen molar-refractivity contribution in [2.45, 2.75) is 19.3 Å². The highest BCUT2D eigenvalue weighted by Crippen LogP contribution is 2.30. The van der Waals surface area contributed by atoms with E-state index < -0.39 is 0 Å². The summed E-state index contributed by atoms with van der Waals surface area (Å²) in [4.78, 5) is 0. The summed E-state index contributed by atoms with van der Waals surface area (Å²) in [7, 11) is 0. The lowest BCUT2D eigenvalue weighted by Crippen LogP contribution is -2.13. The van der Waals surface area contributed by atoms with Gasteiger partial charge in [0.25, 0.3) is 0 Å². The van der Waals surface area contributed by atoms with Crippen molar-refractivity contribution in [3.05, 3.63) is 48.6 Å². The fourth-order valence-electron chi connectivity index (χ4n) is 2.07. The molecular formula is C13H16. The quantitative estimate of drug-likeness (QED) is 0.489. The number of hydrogen-bond acceptors (Lipinski definition) is 0. The Morgan fingerprint density at radius 1 is 0.692 bits per heavy atom. The maximum absolute atomic E-state index is 2.36. The van der Waals surface area contributed by atoms with Crippen LogP contribution in [0.25, 0.3) is 0 Å². The zero-order valence-corrected chi connectivity index (χ0v) is 7.89. The predicted molar refractivity (Wildman–Crippen MR) is 57.4 cm³/mol. The molecule has 0 saturated carbocycles. The molecule has 2 aliphatic carbocycles. The molecule has 0 N–H and O–H groups in total. The van der Waals surface area contributed by atoms with Crippen molar-refractivity contribution >= 4 is 0 Å². The Morgan fingerprint density at radius 3 is 2.46 bits per heavy atom. The summed E-state index contributed by atoms with van der Waals surface area (Å²) in [5.41, 5.74) is 0. The van der Waals surface area contributed by atoms with E-state index in [-0.39, 0.29) is 0 Å². The molecule has 0 aromatic heterocycles. The molecule has 0 aromatic carbocycles. The van der Waals surface area contributed by atoms with Gasteiger partial charge in [-0.1, -0.05) is 48.6 Å². The molecular weight excluding hydrogens is 156 g/mol. The van der Waals surface area contributed by atoms with Crippen molar-refractivity contribution in [3.63, 3.8) is 0 Å². The fourth-order valence-corrected chi connectivity index (χ4v) is 2.07. The normalized spacial score (nSPS) is 32.0. The molecule has 0 spiro atoms. The van der Waals surface area contributed by atoms with Crippen LogP contribution in [0, 0.1) is 11.8 Å². The van der Waals surface area contributed by atoms with E-state index in [1.807, 2.05) is 0 Å². The third-order valence-corrected chi connectivity index (χ3v) is 2.89. The Kier molecular flexibility index (Phi) is 2.81. The van der Waals surface area contributed by atoms with Crippen LogP contribution in [0.5, 0.6) is 0 Å². The van der Waals surface area contributed by atoms with Crippen LogP contribution in [0.1, 0.15) is 19.3 Å². The van der Waals surface area contributed by atoms with Crippen molar-refractivity contribution in [2.75, 3.05) is 0 Å². The molecule has 0 fully saturated rings. The topological polar surface area (TPSA) is 0 Å². The lowest BCUT2D eigenvalue weighted by atomic mass is 9.81. The third-order valence-electron chi connectivity index (χ3n) is 2.89. The Morgan fingerprint density at radius 2 is 1.46 bits per heavy atom. The summed E-state index contributed by atoms with van der Waals surface area (Å²) < 4.78 is 0. The average Bonchev–Trinajstić information content (AvgIpc) is 2.28. The highest BCUT2D eigenvalue weighted by Gasteiger charge is 2.18. The molecule has 13 heavy (non-hydrogen) atoms. The van der Waals surface area contributed by atoms with Crippen LogP contribution < -0.4 is 0 Å². The third kappa shape index (κ3) is 2.21. The summed E-state index contributed by atoms with van der Waals surface area (Å²) in [6, 6.07) is 0. The van der Waals surface area contributed by atoms with Crippen LogP contribution in [0.3, 0.4) is 0 Å². The Bertz CT molecular complexity index is 266. The monoisotopic (exact) mass is 172 g/mol. The molecule has 0 nitrogen and oxygen atoms in total. The zero-order valence-electron chi connectivity index (χ0n) is 7.89. The SMILES string of the molecule is C1=CC=CC2CC=CCC2CC=C1. The summed E-state index contributed by atoms with van der Waals surface area (Å²) in [6.07, 6.45) is 21.6. The molecule has 2 aliphatic rings. The van der Waals surface area contributed by atoms with Crippen LogP contribution in [-0.4, -0.2) is 0 Å². The minimum Gasteiger partial charge on any atom is -0.0882 e. The lowest BCUT2D eigenvalue weighted by molar-refractivity contribution is 0.389. The largest absolute Gasteiger partial charge is 0.0882 e. The molecule has 0 heterocycles. The van der Waals surface area contributed by atoms with E-state index in [2.05, 4.69) is 48.6 Å². The average molecular weight is 172 g/mol. The zero-order chi connectivity index (χ0) is 8.93. The second-order valence-corrected chi connectivity index (χ2v) is 3.80. The Balaban J connectivity index is 2.15. The fraction of sp³-hybridized carbons (Fsp3) is 0.385. The summed E-state index contributed by atoms with van der Waals surface area (Å²) in [5, 5.41) is 0. The van der Waals surface area contributed by atoms with E-state index in [0.717, 1.165) is 11.8 Å². The second kappa shape index (κ2) is 4.27. The summed E-state index contributed by atoms with van der Waals surface area (Å²) in [5.74, 6) is 1.59. The van der Waals surface area contributed by atoms with E-state index >= 15 is 0 Å². The molecule has 0 aliphatic heterocycles. The van der Waals surface area contributed by atoms with E-state index in [0.29, 0.717) is 0 Å². The van der Waals surface area contributed by atoms with Gasteiger partial charge >= 0.3 is 0 Å². The van der Waals surface area contributed by atoms with Gasteiger partial charge in [-0.2, -0.15) is 0 Å². The number of rotatable bonds is 0. The van der Waals surface area contributed by atoms with E-state index in [1.54, 1.807) is 0 Å².